The fraction of sp³-hybridized carbons (Fsp3) is 0.533. The minimum absolute atomic E-state index is 0.0560. The molecule has 1 aliphatic carbocycles. The van der Waals surface area contributed by atoms with Gasteiger partial charge in [-0.1, -0.05) is 37.8 Å². The van der Waals surface area contributed by atoms with Crippen LogP contribution in [0.15, 0.2) is 24.3 Å². The molecule has 0 heterocycles. The molecule has 0 aromatic heterocycles. The van der Waals surface area contributed by atoms with Crippen LogP contribution in [0.5, 0.6) is 0 Å². The number of nitrogens with zero attached hydrogens (tertiary/aromatic N) is 1. The summed E-state index contributed by atoms with van der Waals surface area (Å²) in [7, 11) is 1.91. The maximum atomic E-state index is 12.6. The van der Waals surface area contributed by atoms with Crippen LogP contribution >= 0.6 is 0 Å². The Bertz CT molecular complexity index is 425. The minimum atomic E-state index is 0.0560. The van der Waals surface area contributed by atoms with Gasteiger partial charge in [-0.05, 0) is 25.0 Å². The predicted octanol–water partition coefficient (Wildman–Crippen LogP) is 2.77. The molecule has 1 fully saturated rings. The highest BCUT2D eigenvalue weighted by Crippen LogP contribution is 2.24. The van der Waals surface area contributed by atoms with Crippen LogP contribution in [-0.4, -0.2) is 23.9 Å². The van der Waals surface area contributed by atoms with Gasteiger partial charge in [0.1, 0.15) is 0 Å². The molecule has 1 aromatic rings. The van der Waals surface area contributed by atoms with Crippen molar-refractivity contribution in [2.75, 3.05) is 12.5 Å². The van der Waals surface area contributed by atoms with Gasteiger partial charge in [0.25, 0.3) is 5.91 Å². The van der Waals surface area contributed by atoms with Gasteiger partial charge in [0.15, 0.2) is 0 Å². The molecule has 1 saturated carbocycles. The number of nitrogens with one attached hydrogen (secondary N) is 1. The quantitative estimate of drug-likeness (QED) is 0.500. The smallest absolute Gasteiger partial charge is 0.255 e. The van der Waals surface area contributed by atoms with E-state index in [2.05, 4.69) is 5.43 Å². The first-order valence-electron chi connectivity index (χ1n) is 7.07. The second-order valence-corrected chi connectivity index (χ2v) is 5.25. The molecule has 0 saturated heterocycles. The Morgan fingerprint density at radius 2 is 1.84 bits per heavy atom. The summed E-state index contributed by atoms with van der Waals surface area (Å²) >= 11 is 0. The van der Waals surface area contributed by atoms with Gasteiger partial charge in [-0.25, -0.2) is 0 Å². The van der Waals surface area contributed by atoms with Crippen molar-refractivity contribution < 1.29 is 4.79 Å². The number of hydrogen-bond acceptors (Lipinski definition) is 3. The van der Waals surface area contributed by atoms with Crippen LogP contribution in [0.2, 0.25) is 0 Å². The second-order valence-electron chi connectivity index (χ2n) is 5.25. The average Bonchev–Trinajstić information content (AvgIpc) is 2.74. The van der Waals surface area contributed by atoms with Gasteiger partial charge in [-0.3, -0.25) is 10.6 Å². The third kappa shape index (κ3) is 3.26. The zero-order valence-corrected chi connectivity index (χ0v) is 11.6. The average molecular weight is 261 g/mol. The van der Waals surface area contributed by atoms with Crippen LogP contribution < -0.4 is 11.3 Å². The van der Waals surface area contributed by atoms with E-state index in [0.717, 1.165) is 12.8 Å². The van der Waals surface area contributed by atoms with E-state index < -0.39 is 0 Å². The van der Waals surface area contributed by atoms with Crippen molar-refractivity contribution in [3.8, 4) is 0 Å². The molecule has 0 unspecified atom stereocenters. The van der Waals surface area contributed by atoms with E-state index in [9.17, 15) is 4.79 Å². The highest BCUT2D eigenvalue weighted by atomic mass is 16.2. The summed E-state index contributed by atoms with van der Waals surface area (Å²) in [6, 6.07) is 7.76. The normalized spacial score (nSPS) is 16.7. The van der Waals surface area contributed by atoms with Crippen molar-refractivity contribution in [2.24, 2.45) is 5.84 Å². The summed E-state index contributed by atoms with van der Waals surface area (Å²) in [5, 5.41) is 0. The monoisotopic (exact) mass is 261 g/mol. The Morgan fingerprint density at radius 1 is 1.21 bits per heavy atom. The van der Waals surface area contributed by atoms with Crippen molar-refractivity contribution in [3.63, 3.8) is 0 Å². The van der Waals surface area contributed by atoms with Crippen molar-refractivity contribution in [2.45, 2.75) is 44.6 Å². The van der Waals surface area contributed by atoms with Crippen LogP contribution in [-0.2, 0) is 0 Å². The van der Waals surface area contributed by atoms with E-state index in [1.807, 2.05) is 36.2 Å². The first-order chi connectivity index (χ1) is 9.24. The van der Waals surface area contributed by atoms with Crippen molar-refractivity contribution in [1.29, 1.82) is 0 Å². The van der Waals surface area contributed by atoms with E-state index >= 15 is 0 Å². The highest BCUT2D eigenvalue weighted by Gasteiger charge is 2.23. The van der Waals surface area contributed by atoms with Crippen molar-refractivity contribution in [3.05, 3.63) is 29.8 Å². The Hall–Kier alpha value is -1.55. The molecular weight excluding hydrogens is 238 g/mol. The molecular formula is C15H23N3O. The molecule has 3 N–H and O–H groups in total. The van der Waals surface area contributed by atoms with E-state index in [0.29, 0.717) is 17.3 Å². The molecule has 0 radical (unpaired) electrons. The van der Waals surface area contributed by atoms with Crippen LogP contribution in [0.25, 0.3) is 0 Å². The number of para-hydroxylation sites is 1. The number of benzene rings is 1. The van der Waals surface area contributed by atoms with Gasteiger partial charge < -0.3 is 10.3 Å². The molecule has 19 heavy (non-hydrogen) atoms. The number of hydrogen-bond donors (Lipinski definition) is 2. The van der Waals surface area contributed by atoms with E-state index in [4.69, 9.17) is 5.84 Å². The van der Waals surface area contributed by atoms with Gasteiger partial charge in [0, 0.05) is 13.1 Å². The van der Waals surface area contributed by atoms with Crippen LogP contribution in [0.1, 0.15) is 48.9 Å². The largest absolute Gasteiger partial charge is 0.339 e. The van der Waals surface area contributed by atoms with E-state index in [1.165, 1.54) is 25.7 Å². The SMILES string of the molecule is CN(C(=O)c1ccccc1NN)C1CCCCCC1. The summed E-state index contributed by atoms with van der Waals surface area (Å²) in [4.78, 5) is 14.5. The number of carbonyl (C=O) groups excluding carboxylic acids is 1. The lowest BCUT2D eigenvalue weighted by Crippen LogP contribution is -2.37. The Labute approximate surface area is 114 Å². The van der Waals surface area contributed by atoms with E-state index in [-0.39, 0.29) is 5.91 Å². The summed E-state index contributed by atoms with van der Waals surface area (Å²) in [6.07, 6.45) is 7.25. The number of rotatable bonds is 3. The first-order valence-corrected chi connectivity index (χ1v) is 7.07. The molecule has 0 atom stereocenters. The zero-order chi connectivity index (χ0) is 13.7. The fourth-order valence-corrected chi connectivity index (χ4v) is 2.80. The molecule has 4 heteroatoms. The number of nitrogen functional groups attached to an aromatic ring is 1. The summed E-state index contributed by atoms with van der Waals surface area (Å²) < 4.78 is 0. The van der Waals surface area contributed by atoms with Crippen LogP contribution in [0.3, 0.4) is 0 Å². The minimum Gasteiger partial charge on any atom is -0.339 e. The Kier molecular flexibility index (Phi) is 4.80. The molecule has 104 valence electrons. The summed E-state index contributed by atoms with van der Waals surface area (Å²) in [5.41, 5.74) is 3.94. The van der Waals surface area contributed by atoms with Gasteiger partial charge in [-0.15, -0.1) is 0 Å². The standard InChI is InChI=1S/C15H23N3O/c1-18(12-8-4-2-3-5-9-12)15(19)13-10-6-7-11-14(13)17-16/h6-7,10-12,17H,2-5,8-9,16H2,1H3. The number of carbonyl (C=O) groups is 1. The lowest BCUT2D eigenvalue weighted by Gasteiger charge is -2.28. The van der Waals surface area contributed by atoms with Gasteiger partial charge in [-0.2, -0.15) is 0 Å². The molecule has 0 aliphatic heterocycles. The third-order valence-electron chi connectivity index (χ3n) is 4.01. The molecule has 4 nitrogen and oxygen atoms in total. The van der Waals surface area contributed by atoms with Crippen LogP contribution in [0.4, 0.5) is 5.69 Å². The van der Waals surface area contributed by atoms with Crippen molar-refractivity contribution >= 4 is 11.6 Å². The molecule has 0 spiro atoms. The maximum Gasteiger partial charge on any atom is 0.255 e. The maximum absolute atomic E-state index is 12.6. The zero-order valence-electron chi connectivity index (χ0n) is 11.6. The summed E-state index contributed by atoms with van der Waals surface area (Å²) in [5.74, 6) is 5.53. The second kappa shape index (κ2) is 6.57. The predicted molar refractivity (Wildman–Crippen MR) is 77.8 cm³/mol. The topological polar surface area (TPSA) is 58.4 Å². The lowest BCUT2D eigenvalue weighted by molar-refractivity contribution is 0.0718. The third-order valence-corrected chi connectivity index (χ3v) is 4.01. The van der Waals surface area contributed by atoms with Gasteiger partial charge in [0.2, 0.25) is 0 Å². The van der Waals surface area contributed by atoms with Crippen molar-refractivity contribution in [1.82, 2.24) is 4.90 Å². The molecule has 0 bridgehead atoms. The lowest BCUT2D eigenvalue weighted by atomic mass is 10.1. The fourth-order valence-electron chi connectivity index (χ4n) is 2.80. The molecule has 2 rings (SSSR count). The Balaban J connectivity index is 2.13. The molecule has 1 amide bonds. The highest BCUT2D eigenvalue weighted by molar-refractivity contribution is 5.99. The van der Waals surface area contributed by atoms with Gasteiger partial charge in [0.05, 0.1) is 11.3 Å². The number of nitrogens with two attached hydrogens (primary N) is 1. The first kappa shape index (κ1) is 13.9. The van der Waals surface area contributed by atoms with Gasteiger partial charge >= 0.3 is 0 Å². The Morgan fingerprint density at radius 3 is 2.47 bits per heavy atom. The summed E-state index contributed by atoms with van der Waals surface area (Å²) in [6.45, 7) is 0. The number of anilines is 1. The van der Waals surface area contributed by atoms with Crippen LogP contribution in [0, 0.1) is 0 Å². The number of amides is 1. The molecule has 1 aromatic carbocycles. The molecule has 1 aliphatic rings. The number of hydrazine groups is 1. The van der Waals surface area contributed by atoms with E-state index in [1.54, 1.807) is 0 Å².